The molecule has 0 aliphatic carbocycles. The van der Waals surface area contributed by atoms with E-state index in [4.69, 9.17) is 4.74 Å². The average Bonchev–Trinajstić information content (AvgIpc) is 3.44. The first-order valence-corrected chi connectivity index (χ1v) is 15.4. The number of nitrogens with one attached hydrogen (secondary N) is 2. The Morgan fingerprint density at radius 3 is 2.43 bits per heavy atom. The number of aromatic nitrogens is 4. The van der Waals surface area contributed by atoms with E-state index in [0.717, 1.165) is 64.3 Å². The van der Waals surface area contributed by atoms with Crippen LogP contribution < -0.4 is 10.6 Å². The number of allylic oxidation sites excluding steroid dienone is 2. The molecule has 3 aromatic rings. The molecule has 226 valence electrons. The number of hydrogen-bond donors (Lipinski definition) is 2. The minimum absolute atomic E-state index is 0.310. The van der Waals surface area contributed by atoms with Crippen LogP contribution in [0.5, 0.6) is 0 Å². The lowest BCUT2D eigenvalue weighted by atomic mass is 9.79. The normalized spacial score (nSPS) is 18.5. The summed E-state index contributed by atoms with van der Waals surface area (Å²) in [6, 6.07) is 8.65. The molecule has 0 saturated carbocycles. The zero-order valence-electron chi connectivity index (χ0n) is 26.2. The molecule has 2 fully saturated rings. The van der Waals surface area contributed by atoms with Gasteiger partial charge in [0.2, 0.25) is 0 Å². The van der Waals surface area contributed by atoms with E-state index >= 15 is 0 Å². The molecule has 0 radical (unpaired) electrons. The van der Waals surface area contributed by atoms with Gasteiger partial charge in [-0.2, -0.15) is 5.10 Å². The Morgan fingerprint density at radius 1 is 1.05 bits per heavy atom. The third kappa shape index (κ3) is 6.95. The average molecular weight is 573 g/mol. The maximum absolute atomic E-state index is 5.57. The van der Waals surface area contributed by atoms with E-state index in [1.807, 2.05) is 24.0 Å². The molecule has 2 aliphatic rings. The van der Waals surface area contributed by atoms with Crippen molar-refractivity contribution in [2.45, 2.75) is 52.5 Å². The van der Waals surface area contributed by atoms with Gasteiger partial charge in [-0.05, 0) is 96.6 Å². The molecular weight excluding hydrogens is 524 g/mol. The molecule has 9 heteroatoms. The topological polar surface area (TPSA) is 83.4 Å². The van der Waals surface area contributed by atoms with Crippen molar-refractivity contribution < 1.29 is 4.74 Å². The summed E-state index contributed by atoms with van der Waals surface area (Å²) in [5.41, 5.74) is 6.31. The summed E-state index contributed by atoms with van der Waals surface area (Å²) in [5.74, 6) is 2.49. The van der Waals surface area contributed by atoms with Crippen molar-refractivity contribution in [3.63, 3.8) is 0 Å². The molecule has 5 rings (SSSR count). The fraction of sp³-hybridized carbons (Fsp3) is 0.545. The van der Waals surface area contributed by atoms with Gasteiger partial charge in [-0.1, -0.05) is 6.07 Å². The maximum atomic E-state index is 5.57. The fourth-order valence-corrected chi connectivity index (χ4v) is 6.55. The summed E-state index contributed by atoms with van der Waals surface area (Å²) < 4.78 is 7.61. The molecule has 0 bridgehead atoms. The van der Waals surface area contributed by atoms with Gasteiger partial charge in [0.1, 0.15) is 12.1 Å². The monoisotopic (exact) mass is 572 g/mol. The number of likely N-dealkylation sites (tertiary alicyclic amines) is 2. The minimum Gasteiger partial charge on any atom is -0.387 e. The third-order valence-corrected chi connectivity index (χ3v) is 9.06. The second-order valence-corrected chi connectivity index (χ2v) is 12.2. The molecular formula is C33H48N8O. The smallest absolute Gasteiger partial charge is 0.134 e. The van der Waals surface area contributed by atoms with Crippen LogP contribution in [-0.4, -0.2) is 83.5 Å². The Bertz CT molecular complexity index is 1390. The van der Waals surface area contributed by atoms with Crippen LogP contribution in [0.15, 0.2) is 60.0 Å². The van der Waals surface area contributed by atoms with Crippen molar-refractivity contribution in [1.82, 2.24) is 34.9 Å². The highest BCUT2D eigenvalue weighted by Crippen LogP contribution is 2.33. The molecule has 0 unspecified atom stereocenters. The maximum Gasteiger partial charge on any atom is 0.134 e. The molecule has 2 N–H and O–H groups in total. The molecule has 2 aliphatic heterocycles. The highest BCUT2D eigenvalue weighted by Gasteiger charge is 2.29. The van der Waals surface area contributed by atoms with Crippen LogP contribution in [0.4, 0.5) is 5.82 Å². The van der Waals surface area contributed by atoms with Gasteiger partial charge in [-0.15, -0.1) is 0 Å². The first-order chi connectivity index (χ1) is 20.4. The summed E-state index contributed by atoms with van der Waals surface area (Å²) in [4.78, 5) is 14.1. The van der Waals surface area contributed by atoms with E-state index in [-0.39, 0.29) is 0 Å². The Morgan fingerprint density at radius 2 is 1.76 bits per heavy atom. The van der Waals surface area contributed by atoms with Crippen LogP contribution in [0.3, 0.4) is 0 Å². The number of rotatable bonds is 10. The summed E-state index contributed by atoms with van der Waals surface area (Å²) in [7, 11) is 5.96. The molecule has 0 atom stereocenters. The Hall–Kier alpha value is -3.43. The highest BCUT2D eigenvalue weighted by atomic mass is 16.5. The Labute approximate surface area is 251 Å². The first kappa shape index (κ1) is 30.0. The largest absolute Gasteiger partial charge is 0.387 e. The SMILES string of the molecule is CNC(/C=C(\COC)Nc1cc(-c2ccc3c(cnn3C(C)C)c2)ncn1)=C(/C)N1CCC(C2CCN(C)CC2)CC1. The van der Waals surface area contributed by atoms with Gasteiger partial charge in [-0.3, -0.25) is 4.68 Å². The van der Waals surface area contributed by atoms with Gasteiger partial charge >= 0.3 is 0 Å². The summed E-state index contributed by atoms with van der Waals surface area (Å²) in [6.07, 6.45) is 11.0. The van der Waals surface area contributed by atoms with Crippen molar-refractivity contribution in [2.75, 3.05) is 59.3 Å². The zero-order valence-corrected chi connectivity index (χ0v) is 26.2. The van der Waals surface area contributed by atoms with Crippen molar-refractivity contribution in [1.29, 1.82) is 0 Å². The van der Waals surface area contributed by atoms with E-state index in [1.165, 1.54) is 44.5 Å². The van der Waals surface area contributed by atoms with Crippen LogP contribution in [0.25, 0.3) is 22.2 Å². The number of hydrogen-bond acceptors (Lipinski definition) is 8. The predicted molar refractivity (Wildman–Crippen MR) is 171 cm³/mol. The second kappa shape index (κ2) is 13.7. The van der Waals surface area contributed by atoms with Crippen LogP contribution in [0.1, 0.15) is 52.5 Å². The minimum atomic E-state index is 0.310. The Kier molecular flexibility index (Phi) is 9.80. The van der Waals surface area contributed by atoms with Gasteiger partial charge in [0.15, 0.2) is 0 Å². The number of benzene rings is 1. The molecule has 0 spiro atoms. The van der Waals surface area contributed by atoms with Crippen molar-refractivity contribution in [3.8, 4) is 11.3 Å². The Balaban J connectivity index is 1.29. The van der Waals surface area contributed by atoms with E-state index < -0.39 is 0 Å². The number of nitrogens with zero attached hydrogens (tertiary/aromatic N) is 6. The van der Waals surface area contributed by atoms with Crippen LogP contribution in [-0.2, 0) is 4.74 Å². The summed E-state index contributed by atoms with van der Waals surface area (Å²) >= 11 is 0. The van der Waals surface area contributed by atoms with Gasteiger partial charge in [0, 0.05) is 61.7 Å². The number of piperidine rings is 2. The third-order valence-electron chi connectivity index (χ3n) is 9.06. The molecule has 1 aromatic carbocycles. The van der Waals surface area contributed by atoms with Crippen molar-refractivity contribution in [2.24, 2.45) is 11.8 Å². The molecule has 2 aromatic heterocycles. The molecule has 4 heterocycles. The fourth-order valence-electron chi connectivity index (χ4n) is 6.55. The molecule has 9 nitrogen and oxygen atoms in total. The zero-order chi connectivity index (χ0) is 29.6. The van der Waals surface area contributed by atoms with Gasteiger partial charge in [0.25, 0.3) is 0 Å². The number of methoxy groups -OCH3 is 1. The molecule has 42 heavy (non-hydrogen) atoms. The number of fused-ring (bicyclic) bond motifs is 1. The lowest BCUT2D eigenvalue weighted by molar-refractivity contribution is 0.119. The van der Waals surface area contributed by atoms with E-state index in [2.05, 4.69) is 87.6 Å². The second-order valence-electron chi connectivity index (χ2n) is 12.2. The first-order valence-electron chi connectivity index (χ1n) is 15.4. The summed E-state index contributed by atoms with van der Waals surface area (Å²) in [5, 5.41) is 12.6. The van der Waals surface area contributed by atoms with Gasteiger partial charge in [0.05, 0.1) is 29.7 Å². The van der Waals surface area contributed by atoms with E-state index in [0.29, 0.717) is 12.6 Å². The lowest BCUT2D eigenvalue weighted by Crippen LogP contribution is -2.39. The van der Waals surface area contributed by atoms with Gasteiger partial charge < -0.3 is 25.2 Å². The lowest BCUT2D eigenvalue weighted by Gasteiger charge is -2.40. The number of likely N-dealkylation sites (N-methyl/N-ethyl adjacent to an activating group) is 1. The van der Waals surface area contributed by atoms with E-state index in [1.54, 1.807) is 13.4 Å². The van der Waals surface area contributed by atoms with Crippen LogP contribution in [0, 0.1) is 11.8 Å². The standard InChI is InChI=1S/C33H48N8O/c1-23(2)41-32-8-7-27(17-28(32)20-37-41)31-19-33(36-22-35-31)38-29(21-42-6)18-30(34-4)24(3)40-15-11-26(12-16-40)25-9-13-39(5)14-10-25/h7-8,17-20,22-23,25-26,34H,9-16,21H2,1-6H3,(H,35,36,38)/b29-18+,30-24-. The highest BCUT2D eigenvalue weighted by molar-refractivity contribution is 5.84. The van der Waals surface area contributed by atoms with Gasteiger partial charge in [-0.25, -0.2) is 9.97 Å². The van der Waals surface area contributed by atoms with Crippen LogP contribution >= 0.6 is 0 Å². The molecule has 0 amide bonds. The summed E-state index contributed by atoms with van der Waals surface area (Å²) in [6.45, 7) is 11.7. The van der Waals surface area contributed by atoms with E-state index in [9.17, 15) is 0 Å². The van der Waals surface area contributed by atoms with Crippen molar-refractivity contribution >= 4 is 16.7 Å². The quantitative estimate of drug-likeness (QED) is 0.307. The van der Waals surface area contributed by atoms with Crippen molar-refractivity contribution in [3.05, 3.63) is 60.0 Å². The number of ether oxygens (including phenoxy) is 1. The number of anilines is 1. The predicted octanol–water partition coefficient (Wildman–Crippen LogP) is 5.52. The van der Waals surface area contributed by atoms with Crippen LogP contribution in [0.2, 0.25) is 0 Å². The molecule has 2 saturated heterocycles.